The van der Waals surface area contributed by atoms with Crippen LogP contribution in [-0.4, -0.2) is 41.4 Å². The summed E-state index contributed by atoms with van der Waals surface area (Å²) in [6, 6.07) is 7.51. The average molecular weight is 377 g/mol. The molecule has 2 atom stereocenters. The predicted octanol–water partition coefficient (Wildman–Crippen LogP) is 0.986. The molecule has 0 saturated heterocycles. The normalized spacial score (nSPS) is 12.7. The van der Waals surface area contributed by atoms with Crippen molar-refractivity contribution in [1.29, 1.82) is 0 Å². The monoisotopic (exact) mass is 377 g/mol. The predicted molar refractivity (Wildman–Crippen MR) is 99.6 cm³/mol. The Balaban J connectivity index is 2.57. The lowest BCUT2D eigenvalue weighted by Crippen LogP contribution is -2.46. The number of carbonyl (C=O) groups excluding carboxylic acids is 3. The fraction of sp³-hybridized carbons (Fsp3) is 0.474. The minimum absolute atomic E-state index is 0.0365. The van der Waals surface area contributed by atoms with Gasteiger partial charge in [0.2, 0.25) is 17.7 Å². The van der Waals surface area contributed by atoms with Crippen molar-refractivity contribution in [3.8, 4) is 0 Å². The van der Waals surface area contributed by atoms with Crippen LogP contribution in [0.15, 0.2) is 30.3 Å². The smallest absolute Gasteiger partial charge is 0.326 e. The van der Waals surface area contributed by atoms with E-state index >= 15 is 0 Å². The first-order valence-corrected chi connectivity index (χ1v) is 8.80. The first kappa shape index (κ1) is 22.1. The highest BCUT2D eigenvalue weighted by Gasteiger charge is 2.22. The molecule has 0 fully saturated rings. The number of nitrogens with one attached hydrogen (secondary N) is 3. The number of amides is 3. The van der Waals surface area contributed by atoms with Crippen LogP contribution in [0, 0.1) is 5.92 Å². The van der Waals surface area contributed by atoms with E-state index < -0.39 is 29.9 Å². The van der Waals surface area contributed by atoms with Gasteiger partial charge in [0.15, 0.2) is 0 Å². The Labute approximate surface area is 158 Å². The lowest BCUT2D eigenvalue weighted by atomic mass is 10.0. The van der Waals surface area contributed by atoms with Gasteiger partial charge in [-0.2, -0.15) is 0 Å². The summed E-state index contributed by atoms with van der Waals surface area (Å²) in [5, 5.41) is 16.7. The van der Waals surface area contributed by atoms with Crippen LogP contribution in [0.3, 0.4) is 0 Å². The third kappa shape index (κ3) is 8.84. The number of carboxylic acids is 1. The Morgan fingerprint density at radius 2 is 1.63 bits per heavy atom. The molecule has 0 saturated carbocycles. The number of hydrogen-bond acceptors (Lipinski definition) is 4. The van der Waals surface area contributed by atoms with Crippen molar-refractivity contribution in [3.05, 3.63) is 35.9 Å². The van der Waals surface area contributed by atoms with Crippen LogP contribution in [0.2, 0.25) is 0 Å². The Morgan fingerprint density at radius 1 is 1.00 bits per heavy atom. The van der Waals surface area contributed by atoms with Gasteiger partial charge in [0, 0.05) is 6.92 Å². The summed E-state index contributed by atoms with van der Waals surface area (Å²) in [5.74, 6) is -2.29. The summed E-state index contributed by atoms with van der Waals surface area (Å²) in [4.78, 5) is 46.6. The number of carboxylic acid groups (broad SMARTS) is 1. The molecule has 0 spiro atoms. The average Bonchev–Trinajstić information content (AvgIpc) is 2.58. The van der Waals surface area contributed by atoms with Gasteiger partial charge in [0.05, 0.1) is 19.0 Å². The maximum absolute atomic E-state index is 12.2. The number of hydrogen-bond donors (Lipinski definition) is 4. The summed E-state index contributed by atoms with van der Waals surface area (Å²) in [5.41, 5.74) is 0.773. The van der Waals surface area contributed by atoms with Crippen molar-refractivity contribution in [2.45, 2.75) is 45.7 Å². The lowest BCUT2D eigenvalue weighted by molar-refractivity contribution is -0.142. The van der Waals surface area contributed by atoms with Crippen LogP contribution in [0.4, 0.5) is 0 Å². The van der Waals surface area contributed by atoms with Crippen LogP contribution >= 0.6 is 0 Å². The molecule has 8 nitrogen and oxygen atoms in total. The molecule has 0 bridgehead atoms. The zero-order valence-electron chi connectivity index (χ0n) is 15.8. The van der Waals surface area contributed by atoms with Crippen molar-refractivity contribution < 1.29 is 24.3 Å². The minimum atomic E-state index is -1.11. The maximum Gasteiger partial charge on any atom is 0.326 e. The van der Waals surface area contributed by atoms with Crippen LogP contribution in [-0.2, 0) is 19.2 Å². The molecule has 3 amide bonds. The van der Waals surface area contributed by atoms with Crippen LogP contribution < -0.4 is 16.0 Å². The van der Waals surface area contributed by atoms with E-state index in [1.807, 2.05) is 19.9 Å². The Morgan fingerprint density at radius 3 is 2.15 bits per heavy atom. The van der Waals surface area contributed by atoms with E-state index in [4.69, 9.17) is 5.11 Å². The fourth-order valence-electron chi connectivity index (χ4n) is 2.56. The molecule has 27 heavy (non-hydrogen) atoms. The zero-order valence-corrected chi connectivity index (χ0v) is 15.8. The van der Waals surface area contributed by atoms with E-state index in [1.54, 1.807) is 24.3 Å². The molecule has 0 aromatic heterocycles. The van der Waals surface area contributed by atoms with Gasteiger partial charge in [-0.1, -0.05) is 44.2 Å². The fourth-order valence-corrected chi connectivity index (χ4v) is 2.56. The van der Waals surface area contributed by atoms with Crippen molar-refractivity contribution in [2.24, 2.45) is 5.92 Å². The Bertz CT molecular complexity index is 661. The van der Waals surface area contributed by atoms with Crippen molar-refractivity contribution >= 4 is 23.7 Å². The van der Waals surface area contributed by atoms with Crippen LogP contribution in [0.5, 0.6) is 0 Å². The Hall–Kier alpha value is -2.90. The standard InChI is InChI=1S/C19H27N3O5/c1-12(2)9-16(19(26)27)22-18(25)11-20-17(24)10-15(21-13(3)23)14-7-5-4-6-8-14/h4-8,12,15-16H,9-11H2,1-3H3,(H,20,24)(H,21,23)(H,22,25)(H,26,27)/t15?,16-/m0/s1. The number of carbonyl (C=O) groups is 4. The summed E-state index contributed by atoms with van der Waals surface area (Å²) in [7, 11) is 0. The molecule has 148 valence electrons. The molecule has 1 aromatic carbocycles. The SMILES string of the molecule is CC(=O)NC(CC(=O)NCC(=O)N[C@@H](CC(C)C)C(=O)O)c1ccccc1. The van der Waals surface area contributed by atoms with Gasteiger partial charge in [0.25, 0.3) is 0 Å². The molecule has 0 aliphatic rings. The molecule has 4 N–H and O–H groups in total. The van der Waals surface area contributed by atoms with Gasteiger partial charge in [0.1, 0.15) is 6.04 Å². The van der Waals surface area contributed by atoms with E-state index in [1.165, 1.54) is 6.92 Å². The number of rotatable bonds is 10. The molecule has 0 radical (unpaired) electrons. The second kappa shape index (κ2) is 10.9. The van der Waals surface area contributed by atoms with Gasteiger partial charge in [-0.3, -0.25) is 14.4 Å². The maximum atomic E-state index is 12.2. The third-order valence-electron chi connectivity index (χ3n) is 3.76. The molecule has 1 aromatic rings. The highest BCUT2D eigenvalue weighted by Crippen LogP contribution is 2.16. The van der Waals surface area contributed by atoms with E-state index in [9.17, 15) is 19.2 Å². The summed E-state index contributed by atoms with van der Waals surface area (Å²) in [6.07, 6.45) is 0.263. The topological polar surface area (TPSA) is 125 Å². The minimum Gasteiger partial charge on any atom is -0.480 e. The molecule has 0 heterocycles. The van der Waals surface area contributed by atoms with E-state index in [-0.39, 0.29) is 24.8 Å². The van der Waals surface area contributed by atoms with Gasteiger partial charge in [-0.25, -0.2) is 4.79 Å². The number of aliphatic carboxylic acids is 1. The summed E-state index contributed by atoms with van der Waals surface area (Å²) in [6.45, 7) is 4.75. The zero-order chi connectivity index (χ0) is 20.4. The van der Waals surface area contributed by atoms with Gasteiger partial charge >= 0.3 is 5.97 Å². The number of benzene rings is 1. The second-order valence-corrected chi connectivity index (χ2v) is 6.73. The molecule has 0 aliphatic carbocycles. The van der Waals surface area contributed by atoms with Crippen LogP contribution in [0.25, 0.3) is 0 Å². The van der Waals surface area contributed by atoms with Crippen molar-refractivity contribution in [1.82, 2.24) is 16.0 Å². The van der Waals surface area contributed by atoms with E-state index in [0.717, 1.165) is 5.56 Å². The van der Waals surface area contributed by atoms with Gasteiger partial charge < -0.3 is 21.1 Å². The van der Waals surface area contributed by atoms with Crippen molar-refractivity contribution in [3.63, 3.8) is 0 Å². The largest absolute Gasteiger partial charge is 0.480 e. The van der Waals surface area contributed by atoms with E-state index in [2.05, 4.69) is 16.0 Å². The molecular formula is C19H27N3O5. The van der Waals surface area contributed by atoms with E-state index in [0.29, 0.717) is 6.42 Å². The molecule has 0 aliphatic heterocycles. The molecular weight excluding hydrogens is 350 g/mol. The first-order valence-electron chi connectivity index (χ1n) is 8.80. The highest BCUT2D eigenvalue weighted by atomic mass is 16.4. The summed E-state index contributed by atoms with van der Waals surface area (Å²) >= 11 is 0. The third-order valence-corrected chi connectivity index (χ3v) is 3.76. The van der Waals surface area contributed by atoms with Crippen LogP contribution in [0.1, 0.15) is 45.2 Å². The second-order valence-electron chi connectivity index (χ2n) is 6.73. The Kier molecular flexibility index (Phi) is 8.98. The highest BCUT2D eigenvalue weighted by molar-refractivity contribution is 5.88. The first-order chi connectivity index (χ1) is 12.7. The summed E-state index contributed by atoms with van der Waals surface area (Å²) < 4.78 is 0. The quantitative estimate of drug-likeness (QED) is 0.484. The van der Waals surface area contributed by atoms with Gasteiger partial charge in [-0.15, -0.1) is 0 Å². The van der Waals surface area contributed by atoms with Gasteiger partial charge in [-0.05, 0) is 17.9 Å². The molecule has 1 unspecified atom stereocenters. The lowest BCUT2D eigenvalue weighted by Gasteiger charge is -2.19. The molecule has 8 heteroatoms. The van der Waals surface area contributed by atoms with Crippen molar-refractivity contribution in [2.75, 3.05) is 6.54 Å². The molecule has 1 rings (SSSR count).